The normalized spacial score (nSPS) is 24.4. The summed E-state index contributed by atoms with van der Waals surface area (Å²) in [7, 11) is 0. The lowest BCUT2D eigenvalue weighted by Gasteiger charge is -2.30. The van der Waals surface area contributed by atoms with Gasteiger partial charge in [0.05, 0.1) is 0 Å². The standard InChI is InChI=1S/C11H13N3O2/c1-8-6-11(16,14(13-8)9(2)15)10-4-3-5-12-7-10/h3-5,7,16H,6H2,1-2H3/t11-/m1/s1. The van der Waals surface area contributed by atoms with Crippen LogP contribution in [0.25, 0.3) is 0 Å². The van der Waals surface area contributed by atoms with E-state index in [0.29, 0.717) is 12.0 Å². The predicted octanol–water partition coefficient (Wildman–Crippen LogP) is 0.855. The number of carbonyl (C=O) groups is 1. The molecule has 0 aliphatic carbocycles. The molecule has 0 unspecified atom stereocenters. The molecule has 1 N–H and O–H groups in total. The van der Waals surface area contributed by atoms with Gasteiger partial charge in [0.1, 0.15) is 0 Å². The topological polar surface area (TPSA) is 65.8 Å². The third kappa shape index (κ3) is 1.59. The minimum atomic E-state index is -1.38. The Morgan fingerprint density at radius 1 is 1.62 bits per heavy atom. The molecule has 1 amide bonds. The average Bonchev–Trinajstić information content (AvgIpc) is 2.57. The molecule has 1 aliphatic heterocycles. The fourth-order valence-corrected chi connectivity index (χ4v) is 1.88. The molecule has 0 bridgehead atoms. The van der Waals surface area contributed by atoms with Gasteiger partial charge in [0.25, 0.3) is 0 Å². The highest BCUT2D eigenvalue weighted by Crippen LogP contribution is 2.34. The summed E-state index contributed by atoms with van der Waals surface area (Å²) >= 11 is 0. The fraction of sp³-hybridized carbons (Fsp3) is 0.364. The van der Waals surface area contributed by atoms with Gasteiger partial charge in [0.15, 0.2) is 5.72 Å². The van der Waals surface area contributed by atoms with Crippen LogP contribution in [0.4, 0.5) is 0 Å². The third-order valence-electron chi connectivity index (χ3n) is 2.55. The van der Waals surface area contributed by atoms with Crippen molar-refractivity contribution in [3.05, 3.63) is 30.1 Å². The molecule has 0 fully saturated rings. The van der Waals surface area contributed by atoms with E-state index in [-0.39, 0.29) is 5.91 Å². The van der Waals surface area contributed by atoms with Crippen molar-refractivity contribution < 1.29 is 9.90 Å². The number of hydrazone groups is 1. The van der Waals surface area contributed by atoms with Crippen LogP contribution in [0.3, 0.4) is 0 Å². The summed E-state index contributed by atoms with van der Waals surface area (Å²) in [6, 6.07) is 3.45. The first-order valence-electron chi connectivity index (χ1n) is 5.02. The van der Waals surface area contributed by atoms with E-state index < -0.39 is 5.72 Å². The molecular weight excluding hydrogens is 206 g/mol. The van der Waals surface area contributed by atoms with E-state index >= 15 is 0 Å². The lowest BCUT2D eigenvalue weighted by Crippen LogP contribution is -2.42. The molecule has 5 nitrogen and oxygen atoms in total. The Kier molecular flexibility index (Phi) is 2.47. The van der Waals surface area contributed by atoms with Gasteiger partial charge in [0, 0.05) is 37.0 Å². The zero-order valence-electron chi connectivity index (χ0n) is 9.21. The first kappa shape index (κ1) is 10.8. The Morgan fingerprint density at radius 3 is 2.94 bits per heavy atom. The number of aromatic nitrogens is 1. The summed E-state index contributed by atoms with van der Waals surface area (Å²) in [6.07, 6.45) is 3.48. The van der Waals surface area contributed by atoms with E-state index in [1.54, 1.807) is 31.5 Å². The van der Waals surface area contributed by atoms with Crippen LogP contribution in [-0.2, 0) is 10.5 Å². The number of aliphatic hydroxyl groups is 1. The maximum Gasteiger partial charge on any atom is 0.242 e. The second-order valence-electron chi connectivity index (χ2n) is 3.90. The fourth-order valence-electron chi connectivity index (χ4n) is 1.88. The summed E-state index contributed by atoms with van der Waals surface area (Å²) in [5.74, 6) is -0.289. The summed E-state index contributed by atoms with van der Waals surface area (Å²) in [4.78, 5) is 15.4. The summed E-state index contributed by atoms with van der Waals surface area (Å²) < 4.78 is 0. The van der Waals surface area contributed by atoms with Gasteiger partial charge in [-0.3, -0.25) is 9.78 Å². The quantitative estimate of drug-likeness (QED) is 0.761. The van der Waals surface area contributed by atoms with Crippen molar-refractivity contribution in [3.63, 3.8) is 0 Å². The average molecular weight is 219 g/mol. The van der Waals surface area contributed by atoms with E-state index in [9.17, 15) is 9.90 Å². The number of amides is 1. The van der Waals surface area contributed by atoms with Gasteiger partial charge in [-0.15, -0.1) is 0 Å². The van der Waals surface area contributed by atoms with Crippen molar-refractivity contribution in [2.24, 2.45) is 5.10 Å². The third-order valence-corrected chi connectivity index (χ3v) is 2.55. The van der Waals surface area contributed by atoms with Gasteiger partial charge >= 0.3 is 0 Å². The number of pyridine rings is 1. The molecule has 84 valence electrons. The monoisotopic (exact) mass is 219 g/mol. The maximum absolute atomic E-state index is 11.4. The Labute approximate surface area is 93.4 Å². The van der Waals surface area contributed by atoms with Gasteiger partial charge in [-0.1, -0.05) is 6.07 Å². The van der Waals surface area contributed by atoms with Crippen LogP contribution in [0, 0.1) is 0 Å². The van der Waals surface area contributed by atoms with E-state index in [1.165, 1.54) is 6.92 Å². The lowest BCUT2D eigenvalue weighted by atomic mass is 9.99. The molecule has 0 spiro atoms. The predicted molar refractivity (Wildman–Crippen MR) is 58.4 cm³/mol. The SMILES string of the molecule is CC(=O)N1N=C(C)C[C@@]1(O)c1cccnc1. The Hall–Kier alpha value is -1.75. The van der Waals surface area contributed by atoms with Gasteiger partial charge in [-0.25, -0.2) is 0 Å². The van der Waals surface area contributed by atoms with Crippen LogP contribution in [0.5, 0.6) is 0 Å². The van der Waals surface area contributed by atoms with E-state index in [0.717, 1.165) is 10.7 Å². The summed E-state index contributed by atoms with van der Waals surface area (Å²) in [5.41, 5.74) is -0.0863. The van der Waals surface area contributed by atoms with Crippen LogP contribution >= 0.6 is 0 Å². The lowest BCUT2D eigenvalue weighted by molar-refractivity contribution is -0.155. The molecule has 1 atom stereocenters. The largest absolute Gasteiger partial charge is 0.365 e. The van der Waals surface area contributed by atoms with Gasteiger partial charge in [-0.05, 0) is 13.0 Å². The van der Waals surface area contributed by atoms with Crippen LogP contribution in [0.15, 0.2) is 29.6 Å². The first-order valence-corrected chi connectivity index (χ1v) is 5.02. The molecule has 1 aromatic heterocycles. The molecule has 1 aromatic rings. The van der Waals surface area contributed by atoms with E-state index in [1.807, 2.05) is 0 Å². The van der Waals surface area contributed by atoms with Crippen molar-refractivity contribution in [2.45, 2.75) is 26.0 Å². The molecule has 0 radical (unpaired) electrons. The summed E-state index contributed by atoms with van der Waals surface area (Å²) in [5, 5.41) is 15.7. The van der Waals surface area contributed by atoms with E-state index in [2.05, 4.69) is 10.1 Å². The Bertz CT molecular complexity index is 444. The molecule has 0 saturated carbocycles. The van der Waals surface area contributed by atoms with Gasteiger partial charge in [0.2, 0.25) is 5.91 Å². The van der Waals surface area contributed by atoms with Crippen molar-refractivity contribution in [1.29, 1.82) is 0 Å². The zero-order chi connectivity index (χ0) is 11.8. The molecule has 2 rings (SSSR count). The number of hydrogen-bond donors (Lipinski definition) is 1. The number of hydrogen-bond acceptors (Lipinski definition) is 4. The number of carbonyl (C=O) groups excluding carboxylic acids is 1. The van der Waals surface area contributed by atoms with Crippen LogP contribution in [0.1, 0.15) is 25.8 Å². The molecule has 1 aliphatic rings. The number of rotatable bonds is 1. The van der Waals surface area contributed by atoms with Crippen molar-refractivity contribution in [3.8, 4) is 0 Å². The molecule has 0 saturated heterocycles. The molecule has 2 heterocycles. The summed E-state index contributed by atoms with van der Waals surface area (Å²) in [6.45, 7) is 3.16. The number of nitrogens with zero attached hydrogens (tertiary/aromatic N) is 3. The molecule has 16 heavy (non-hydrogen) atoms. The highest BCUT2D eigenvalue weighted by atomic mass is 16.3. The van der Waals surface area contributed by atoms with Crippen molar-refractivity contribution >= 4 is 11.6 Å². The smallest absolute Gasteiger partial charge is 0.242 e. The van der Waals surface area contributed by atoms with Gasteiger partial charge in [-0.2, -0.15) is 10.1 Å². The molecular formula is C11H13N3O2. The minimum absolute atomic E-state index is 0.289. The Morgan fingerprint density at radius 2 is 2.38 bits per heavy atom. The molecule has 0 aromatic carbocycles. The second kappa shape index (κ2) is 3.68. The minimum Gasteiger partial charge on any atom is -0.365 e. The van der Waals surface area contributed by atoms with E-state index in [4.69, 9.17) is 0 Å². The van der Waals surface area contributed by atoms with Crippen LogP contribution in [0.2, 0.25) is 0 Å². The Balaban J connectivity index is 2.43. The van der Waals surface area contributed by atoms with Crippen LogP contribution in [-0.4, -0.2) is 26.7 Å². The highest BCUT2D eigenvalue weighted by molar-refractivity contribution is 5.88. The first-order chi connectivity index (χ1) is 7.54. The maximum atomic E-state index is 11.4. The van der Waals surface area contributed by atoms with Crippen molar-refractivity contribution in [2.75, 3.05) is 0 Å². The van der Waals surface area contributed by atoms with Gasteiger partial charge < -0.3 is 5.11 Å². The van der Waals surface area contributed by atoms with Crippen molar-refractivity contribution in [1.82, 2.24) is 9.99 Å². The highest BCUT2D eigenvalue weighted by Gasteiger charge is 2.43. The molecule has 5 heteroatoms. The second-order valence-corrected chi connectivity index (χ2v) is 3.90. The zero-order valence-corrected chi connectivity index (χ0v) is 9.21. The van der Waals surface area contributed by atoms with Crippen LogP contribution < -0.4 is 0 Å².